The predicted molar refractivity (Wildman–Crippen MR) is 272 cm³/mol. The van der Waals surface area contributed by atoms with Crippen LogP contribution in [0.2, 0.25) is 0 Å². The summed E-state index contributed by atoms with van der Waals surface area (Å²) in [7, 11) is 0. The molecular weight excluding hydrogens is 879 g/mol. The molecule has 0 amide bonds. The molecule has 0 radical (unpaired) electrons. The van der Waals surface area contributed by atoms with Crippen LogP contribution in [0.3, 0.4) is 0 Å². The number of aliphatic hydroxyl groups excluding tert-OH is 1. The van der Waals surface area contributed by atoms with E-state index in [4.69, 9.17) is 15.2 Å². The third-order valence-corrected chi connectivity index (χ3v) is 24.7. The van der Waals surface area contributed by atoms with Crippen LogP contribution in [0.1, 0.15) is 163 Å². The maximum atomic E-state index is 16.5. The summed E-state index contributed by atoms with van der Waals surface area (Å²) < 4.78 is 14.7. The van der Waals surface area contributed by atoms with Crippen LogP contribution in [-0.4, -0.2) is 65.1 Å². The van der Waals surface area contributed by atoms with Gasteiger partial charge in [0, 0.05) is 61.2 Å². The summed E-state index contributed by atoms with van der Waals surface area (Å²) in [6.45, 7) is 6.43. The number of fused-ring (bicyclic) bond motifs is 4. The lowest BCUT2D eigenvalue weighted by atomic mass is 9.27. The number of carbonyl (C=O) groups is 2. The molecule has 71 heavy (non-hydrogen) atoms. The molecule has 8 nitrogen and oxygen atoms in total. The number of benzene rings is 1. The zero-order chi connectivity index (χ0) is 47.3. The smallest absolute Gasteiger partial charge is 0.339 e. The lowest BCUT2D eigenvalue weighted by Gasteiger charge is -2.73. The van der Waals surface area contributed by atoms with Crippen molar-refractivity contribution >= 4 is 11.9 Å². The lowest BCUT2D eigenvalue weighted by molar-refractivity contribution is -0.282. The quantitative estimate of drug-likeness (QED) is 0.222. The summed E-state index contributed by atoms with van der Waals surface area (Å²) in [5.41, 5.74) is 12.3. The van der Waals surface area contributed by atoms with E-state index in [1.165, 1.54) is 102 Å². The fourth-order valence-corrected chi connectivity index (χ4v) is 22.6. The number of nitrogens with two attached hydrogens (primary N) is 1. The van der Waals surface area contributed by atoms with Crippen molar-refractivity contribution in [1.82, 2.24) is 9.80 Å². The van der Waals surface area contributed by atoms with Gasteiger partial charge in [-0.2, -0.15) is 0 Å². The van der Waals surface area contributed by atoms with Gasteiger partial charge in [-0.1, -0.05) is 86.3 Å². The zero-order valence-electron chi connectivity index (χ0n) is 42.6. The Labute approximate surface area is 422 Å². The Bertz CT molecular complexity index is 2670. The molecule has 0 aromatic heterocycles. The Morgan fingerprint density at radius 2 is 1.75 bits per heavy atom. The Hall–Kier alpha value is -3.62. The van der Waals surface area contributed by atoms with Gasteiger partial charge < -0.3 is 25.2 Å². The monoisotopic (exact) mass is 958 g/mol. The second-order valence-electron chi connectivity index (χ2n) is 27.3. The number of rotatable bonds is 5. The average molecular weight is 958 g/mol. The van der Waals surface area contributed by atoms with Gasteiger partial charge in [-0.3, -0.25) is 9.69 Å². The van der Waals surface area contributed by atoms with Gasteiger partial charge in [0.15, 0.2) is 11.4 Å². The molecule has 1 aromatic rings. The van der Waals surface area contributed by atoms with Crippen LogP contribution < -0.4 is 5.73 Å². The van der Waals surface area contributed by atoms with Crippen LogP contribution in [0, 0.1) is 87.3 Å². The maximum Gasteiger partial charge on any atom is 0.339 e. The van der Waals surface area contributed by atoms with Crippen molar-refractivity contribution in [1.29, 1.82) is 0 Å². The molecule has 9 aliphatic carbocycles. The summed E-state index contributed by atoms with van der Waals surface area (Å²) in [5.74, 6) is 5.26. The predicted octanol–water partition coefficient (Wildman–Crippen LogP) is 11.6. The first-order valence-electron chi connectivity index (χ1n) is 29.7. The molecule has 376 valence electrons. The van der Waals surface area contributed by atoms with Crippen molar-refractivity contribution in [2.24, 2.45) is 93.0 Å². The van der Waals surface area contributed by atoms with Gasteiger partial charge >= 0.3 is 11.9 Å². The number of aryl methyl sites for hydroxylation is 1. The maximum absolute atomic E-state index is 16.5. The molecule has 7 fully saturated rings. The van der Waals surface area contributed by atoms with Crippen molar-refractivity contribution in [3.05, 3.63) is 93.1 Å². The van der Waals surface area contributed by atoms with E-state index in [0.29, 0.717) is 102 Å². The van der Waals surface area contributed by atoms with Crippen molar-refractivity contribution in [3.63, 3.8) is 0 Å². The van der Waals surface area contributed by atoms with Crippen LogP contribution in [0.25, 0.3) is 0 Å². The SMILES string of the molecule is CC1CC2=C3C4C5=C6C(C=CC(C7CCCCC7)CC7C68C(=O)OC(=C(O)CC(C6CC9C=CC%10CCCC%10(C9)C6)N6CC9CC(C6)C(CC2)N3C9)C8(CC5)C72OC(=O)c3c(CCCN)cccc32)CC14. The summed E-state index contributed by atoms with van der Waals surface area (Å²) in [5, 5.41) is 13.8. The van der Waals surface area contributed by atoms with E-state index in [9.17, 15) is 5.11 Å². The number of piperidine rings is 2. The molecule has 14 bridgehead atoms. The second-order valence-corrected chi connectivity index (χ2v) is 27.3. The van der Waals surface area contributed by atoms with Crippen LogP contribution in [0.4, 0.5) is 0 Å². The molecule has 9 aliphatic heterocycles. The van der Waals surface area contributed by atoms with E-state index in [-0.39, 0.29) is 41.5 Å². The number of allylic oxidation sites excluding steroid dienone is 6. The van der Waals surface area contributed by atoms with Gasteiger partial charge in [-0.05, 0) is 191 Å². The number of carbonyl (C=O) groups excluding carboxylic acids is 2. The van der Waals surface area contributed by atoms with E-state index in [1.807, 2.05) is 0 Å². The summed E-state index contributed by atoms with van der Waals surface area (Å²) >= 11 is 0. The first kappa shape index (κ1) is 43.7. The number of aliphatic hydroxyl groups is 1. The summed E-state index contributed by atoms with van der Waals surface area (Å²) in [6, 6.07) is 7.15. The highest BCUT2D eigenvalue weighted by atomic mass is 16.6. The molecule has 8 heteroatoms. The second kappa shape index (κ2) is 15.3. The molecule has 19 rings (SSSR count). The number of ether oxygens (including phenoxy) is 2. The first-order chi connectivity index (χ1) is 34.7. The molecule has 4 saturated carbocycles. The highest BCUT2D eigenvalue weighted by Crippen LogP contribution is 2.88. The molecule has 18 aliphatic rings. The third-order valence-electron chi connectivity index (χ3n) is 24.7. The minimum absolute atomic E-state index is 0.104. The Morgan fingerprint density at radius 1 is 0.845 bits per heavy atom. The van der Waals surface area contributed by atoms with E-state index < -0.39 is 16.4 Å². The number of esters is 2. The van der Waals surface area contributed by atoms with E-state index in [0.717, 1.165) is 56.4 Å². The molecule has 3 N–H and O–H groups in total. The van der Waals surface area contributed by atoms with Gasteiger partial charge in [-0.15, -0.1) is 0 Å². The zero-order valence-corrected chi connectivity index (χ0v) is 42.6. The van der Waals surface area contributed by atoms with E-state index in [1.54, 1.807) is 16.8 Å². The Balaban J connectivity index is 0.963. The summed E-state index contributed by atoms with van der Waals surface area (Å²) in [4.78, 5) is 37.8. The van der Waals surface area contributed by atoms with Crippen molar-refractivity contribution in [3.8, 4) is 0 Å². The van der Waals surface area contributed by atoms with Gasteiger partial charge in [0.25, 0.3) is 0 Å². The molecule has 18 unspecified atom stereocenters. The molecule has 18 atom stereocenters. The van der Waals surface area contributed by atoms with Crippen molar-refractivity contribution in [2.45, 2.75) is 166 Å². The van der Waals surface area contributed by atoms with Crippen molar-refractivity contribution in [2.75, 3.05) is 26.2 Å². The Morgan fingerprint density at radius 3 is 2.63 bits per heavy atom. The minimum Gasteiger partial charge on any atom is -0.509 e. The largest absolute Gasteiger partial charge is 0.509 e. The number of hydrogen-bond acceptors (Lipinski definition) is 8. The molecule has 1 aromatic carbocycles. The van der Waals surface area contributed by atoms with Gasteiger partial charge in [0.2, 0.25) is 0 Å². The standard InChI is InChI=1S/C63H79N3O5/c1-35-24-42-17-19-49-44-26-37-32-65(34-44)50(43-25-36-14-18-45-12-6-21-60(45,30-36)31-43)29-51(67)57-61-22-20-46-54(56(42)66(49)33-37)47(35)27-41-16-15-40(38-8-3-2-4-9-38)28-52(62(61,55(41)46)59(69)70-57)63(61)48-13-5-10-39(11-7-23-64)53(48)58(68)71-63/h5,10,13-16,18,35-38,40-41,43-45,47,49-50,52,54,67H,2-4,6-9,11-12,17,19-34,64H2,1H3. The van der Waals surface area contributed by atoms with Crippen LogP contribution in [-0.2, 0) is 26.3 Å². The number of hydrogen-bond donors (Lipinski definition) is 2. The fourth-order valence-electron chi connectivity index (χ4n) is 22.6. The molecule has 4 spiro atoms. The normalized spacial score (nSPS) is 48.3. The van der Waals surface area contributed by atoms with Crippen LogP contribution in [0.15, 0.2) is 76.4 Å². The first-order valence-corrected chi connectivity index (χ1v) is 29.7. The summed E-state index contributed by atoms with van der Waals surface area (Å²) in [6.07, 6.45) is 34.6. The highest BCUT2D eigenvalue weighted by molar-refractivity contribution is 6.00. The van der Waals surface area contributed by atoms with Crippen LogP contribution in [0.5, 0.6) is 0 Å². The molecule has 9 heterocycles. The van der Waals surface area contributed by atoms with Gasteiger partial charge in [0.05, 0.1) is 11.0 Å². The lowest BCUT2D eigenvalue weighted by Crippen LogP contribution is -2.78. The highest BCUT2D eigenvalue weighted by Gasteiger charge is 2.94. The van der Waals surface area contributed by atoms with Gasteiger partial charge in [-0.25, -0.2) is 4.79 Å². The fraction of sp³-hybridized carbons (Fsp3) is 0.714. The molecular formula is C63H79N3O5. The van der Waals surface area contributed by atoms with Gasteiger partial charge in [0.1, 0.15) is 11.2 Å². The average Bonchev–Trinajstić information content (AvgIpc) is 4.11. The van der Waals surface area contributed by atoms with E-state index >= 15 is 9.59 Å². The van der Waals surface area contributed by atoms with E-state index in [2.05, 4.69) is 59.2 Å². The Kier molecular flexibility index (Phi) is 9.40. The number of nitrogens with zero attached hydrogens (tertiary/aromatic N) is 2. The molecule has 3 saturated heterocycles. The third kappa shape index (κ3) is 5.42. The topological polar surface area (TPSA) is 105 Å². The van der Waals surface area contributed by atoms with Crippen LogP contribution >= 0.6 is 0 Å². The minimum atomic E-state index is -1.14. The van der Waals surface area contributed by atoms with Crippen molar-refractivity contribution < 1.29 is 24.2 Å².